The maximum atomic E-state index is 12.5. The highest BCUT2D eigenvalue weighted by Gasteiger charge is 2.38. The summed E-state index contributed by atoms with van der Waals surface area (Å²) in [6.45, 7) is 0.749. The molecule has 2 aliphatic rings. The lowest BCUT2D eigenvalue weighted by Crippen LogP contribution is -2.45. The van der Waals surface area contributed by atoms with Gasteiger partial charge in [-0.25, -0.2) is 0 Å². The van der Waals surface area contributed by atoms with Crippen molar-refractivity contribution in [1.82, 2.24) is 4.90 Å². The summed E-state index contributed by atoms with van der Waals surface area (Å²) < 4.78 is 0. The van der Waals surface area contributed by atoms with Crippen molar-refractivity contribution in [3.63, 3.8) is 0 Å². The Morgan fingerprint density at radius 2 is 1.74 bits per heavy atom. The van der Waals surface area contributed by atoms with Gasteiger partial charge in [0.25, 0.3) is 0 Å². The van der Waals surface area contributed by atoms with Crippen LogP contribution in [0.2, 0.25) is 0 Å². The first-order chi connectivity index (χ1) is 9.27. The molecule has 0 aromatic heterocycles. The van der Waals surface area contributed by atoms with Gasteiger partial charge in [0.1, 0.15) is 0 Å². The molecule has 0 radical (unpaired) electrons. The number of rotatable bonds is 3. The van der Waals surface area contributed by atoms with Gasteiger partial charge in [0.15, 0.2) is 5.78 Å². The van der Waals surface area contributed by atoms with Crippen molar-refractivity contribution in [2.45, 2.75) is 38.1 Å². The summed E-state index contributed by atoms with van der Waals surface area (Å²) in [6.07, 6.45) is 4.92. The molecular weight excluding hydrogens is 238 g/mol. The van der Waals surface area contributed by atoms with Crippen molar-refractivity contribution in [1.29, 1.82) is 0 Å². The molecule has 1 aromatic rings. The van der Waals surface area contributed by atoms with Gasteiger partial charge in [-0.2, -0.15) is 0 Å². The Morgan fingerprint density at radius 1 is 1.00 bits per heavy atom. The van der Waals surface area contributed by atoms with Gasteiger partial charge < -0.3 is 4.90 Å². The minimum Gasteiger partial charge on any atom is -0.332 e. The highest BCUT2D eigenvalue weighted by atomic mass is 16.2. The van der Waals surface area contributed by atoms with Crippen LogP contribution in [0, 0.1) is 5.92 Å². The van der Waals surface area contributed by atoms with E-state index in [0.29, 0.717) is 0 Å². The molecule has 1 saturated carbocycles. The number of benzene rings is 1. The number of likely N-dealkylation sites (tertiary alicyclic amines) is 1. The van der Waals surface area contributed by atoms with Crippen molar-refractivity contribution < 1.29 is 9.59 Å². The normalized spacial score (nSPS) is 23.2. The average Bonchev–Trinajstić information content (AvgIpc) is 2.86. The number of carbonyl (C=O) groups excluding carboxylic acids is 2. The minimum atomic E-state index is -0.226. The van der Waals surface area contributed by atoms with Crippen LogP contribution in [-0.4, -0.2) is 29.2 Å². The van der Waals surface area contributed by atoms with E-state index in [1.165, 1.54) is 0 Å². The molecule has 2 fully saturated rings. The molecule has 1 aliphatic heterocycles. The third-order valence-electron chi connectivity index (χ3n) is 4.35. The third-order valence-corrected chi connectivity index (χ3v) is 4.35. The van der Waals surface area contributed by atoms with Crippen molar-refractivity contribution >= 4 is 11.7 Å². The topological polar surface area (TPSA) is 37.4 Å². The predicted octanol–water partition coefficient (Wildman–Crippen LogP) is 2.66. The molecule has 1 atom stereocenters. The average molecular weight is 257 g/mol. The molecule has 1 amide bonds. The van der Waals surface area contributed by atoms with Crippen LogP contribution < -0.4 is 0 Å². The number of carbonyl (C=O) groups is 2. The zero-order chi connectivity index (χ0) is 13.2. The summed E-state index contributed by atoms with van der Waals surface area (Å²) in [6, 6.07) is 9.11. The van der Waals surface area contributed by atoms with Crippen molar-refractivity contribution in [3.8, 4) is 0 Å². The van der Waals surface area contributed by atoms with E-state index in [1.807, 2.05) is 35.2 Å². The summed E-state index contributed by atoms with van der Waals surface area (Å²) >= 11 is 0. The molecule has 0 N–H and O–H groups in total. The van der Waals surface area contributed by atoms with Gasteiger partial charge in [-0.1, -0.05) is 36.8 Å². The zero-order valence-electron chi connectivity index (χ0n) is 11.0. The number of hydrogen-bond acceptors (Lipinski definition) is 2. The molecule has 0 spiro atoms. The van der Waals surface area contributed by atoms with E-state index in [1.54, 1.807) is 0 Å². The summed E-state index contributed by atoms with van der Waals surface area (Å²) in [5.74, 6) is 0.493. The Bertz CT molecular complexity index is 479. The van der Waals surface area contributed by atoms with Gasteiger partial charge in [0, 0.05) is 18.0 Å². The lowest BCUT2D eigenvalue weighted by molar-refractivity contribution is -0.138. The van der Waals surface area contributed by atoms with Crippen LogP contribution >= 0.6 is 0 Å². The van der Waals surface area contributed by atoms with Gasteiger partial charge in [-0.05, 0) is 25.7 Å². The standard InChI is InChI=1S/C16H19NO2/c18-15(12-6-2-1-3-7-12)14-10-5-11-17(14)16(19)13-8-4-9-13/h1-3,6-7,13-14H,4-5,8-11H2. The fourth-order valence-electron chi connectivity index (χ4n) is 2.99. The van der Waals surface area contributed by atoms with Crippen LogP contribution in [0.5, 0.6) is 0 Å². The Labute approximate surface area is 113 Å². The van der Waals surface area contributed by atoms with Crippen molar-refractivity contribution in [2.24, 2.45) is 5.92 Å². The predicted molar refractivity (Wildman–Crippen MR) is 72.8 cm³/mol. The van der Waals surface area contributed by atoms with Crippen molar-refractivity contribution in [2.75, 3.05) is 6.54 Å². The molecule has 1 aromatic carbocycles. The third kappa shape index (κ3) is 2.29. The quantitative estimate of drug-likeness (QED) is 0.781. The lowest BCUT2D eigenvalue weighted by atomic mass is 9.84. The fraction of sp³-hybridized carbons (Fsp3) is 0.500. The van der Waals surface area contributed by atoms with Crippen LogP contribution in [0.3, 0.4) is 0 Å². The van der Waals surface area contributed by atoms with E-state index in [0.717, 1.165) is 44.2 Å². The Balaban J connectivity index is 1.75. The number of nitrogens with zero attached hydrogens (tertiary/aromatic N) is 1. The Kier molecular flexibility index (Phi) is 3.36. The second kappa shape index (κ2) is 5.16. The van der Waals surface area contributed by atoms with E-state index in [4.69, 9.17) is 0 Å². The van der Waals surface area contributed by atoms with Crippen LogP contribution in [0.1, 0.15) is 42.5 Å². The molecular formula is C16H19NO2. The van der Waals surface area contributed by atoms with Gasteiger partial charge in [0.2, 0.25) is 5.91 Å². The molecule has 0 bridgehead atoms. The smallest absolute Gasteiger partial charge is 0.226 e. The Morgan fingerprint density at radius 3 is 2.37 bits per heavy atom. The highest BCUT2D eigenvalue weighted by molar-refractivity contribution is 6.02. The Hall–Kier alpha value is -1.64. The molecule has 3 rings (SSSR count). The van der Waals surface area contributed by atoms with Crippen LogP contribution in [0.15, 0.2) is 30.3 Å². The van der Waals surface area contributed by atoms with Crippen molar-refractivity contribution in [3.05, 3.63) is 35.9 Å². The summed E-state index contributed by atoms with van der Waals surface area (Å²) in [5.41, 5.74) is 0.723. The second-order valence-electron chi connectivity index (χ2n) is 5.55. The van der Waals surface area contributed by atoms with Gasteiger partial charge in [0.05, 0.1) is 6.04 Å². The lowest BCUT2D eigenvalue weighted by Gasteiger charge is -2.32. The summed E-state index contributed by atoms with van der Waals surface area (Å²) in [5, 5.41) is 0. The molecule has 1 saturated heterocycles. The van der Waals surface area contributed by atoms with Crippen LogP contribution in [-0.2, 0) is 4.79 Å². The zero-order valence-corrected chi connectivity index (χ0v) is 11.0. The molecule has 100 valence electrons. The van der Waals surface area contributed by atoms with Crippen LogP contribution in [0.4, 0.5) is 0 Å². The number of hydrogen-bond donors (Lipinski definition) is 0. The number of amides is 1. The molecule has 1 aliphatic carbocycles. The SMILES string of the molecule is O=C(c1ccccc1)C1CCCN1C(=O)C1CCC1. The molecule has 3 nitrogen and oxygen atoms in total. The highest BCUT2D eigenvalue weighted by Crippen LogP contribution is 2.32. The van der Waals surface area contributed by atoms with Gasteiger partial charge in [-0.15, -0.1) is 0 Å². The van der Waals surface area contributed by atoms with E-state index in [-0.39, 0.29) is 23.7 Å². The van der Waals surface area contributed by atoms with Gasteiger partial charge >= 0.3 is 0 Å². The molecule has 1 unspecified atom stereocenters. The molecule has 1 heterocycles. The summed E-state index contributed by atoms with van der Waals surface area (Å²) in [4.78, 5) is 26.7. The van der Waals surface area contributed by atoms with E-state index in [2.05, 4.69) is 0 Å². The van der Waals surface area contributed by atoms with Gasteiger partial charge in [-0.3, -0.25) is 9.59 Å². The first kappa shape index (κ1) is 12.4. The maximum Gasteiger partial charge on any atom is 0.226 e. The van der Waals surface area contributed by atoms with E-state index < -0.39 is 0 Å². The van der Waals surface area contributed by atoms with Crippen LogP contribution in [0.25, 0.3) is 0 Å². The first-order valence-electron chi connectivity index (χ1n) is 7.17. The summed E-state index contributed by atoms with van der Waals surface area (Å²) in [7, 11) is 0. The second-order valence-corrected chi connectivity index (χ2v) is 5.55. The molecule has 19 heavy (non-hydrogen) atoms. The monoisotopic (exact) mass is 257 g/mol. The number of ketones is 1. The largest absolute Gasteiger partial charge is 0.332 e. The minimum absolute atomic E-state index is 0.103. The number of Topliss-reactive ketones (excluding diaryl/α,β-unsaturated/α-hetero) is 1. The van der Waals surface area contributed by atoms with E-state index in [9.17, 15) is 9.59 Å². The first-order valence-corrected chi connectivity index (χ1v) is 7.17. The fourth-order valence-corrected chi connectivity index (χ4v) is 2.99. The van der Waals surface area contributed by atoms with E-state index >= 15 is 0 Å². The molecule has 3 heteroatoms. The maximum absolute atomic E-state index is 12.5.